The molecule has 2 saturated heterocycles. The third-order valence-corrected chi connectivity index (χ3v) is 6.06. The Bertz CT molecular complexity index is 767. The van der Waals surface area contributed by atoms with Crippen LogP contribution in [0.2, 0.25) is 0 Å². The lowest BCUT2D eigenvalue weighted by molar-refractivity contribution is -0.133. The van der Waals surface area contributed by atoms with Crippen LogP contribution in [-0.4, -0.2) is 98.9 Å². The van der Waals surface area contributed by atoms with Crippen LogP contribution in [0.4, 0.5) is 0 Å². The van der Waals surface area contributed by atoms with Crippen LogP contribution in [0.15, 0.2) is 29.3 Å². The molecule has 2 aliphatic heterocycles. The molecule has 0 aromatic heterocycles. The molecule has 1 aromatic carbocycles. The van der Waals surface area contributed by atoms with E-state index in [9.17, 15) is 9.59 Å². The highest BCUT2D eigenvalue weighted by Gasteiger charge is 2.24. The summed E-state index contributed by atoms with van der Waals surface area (Å²) in [5, 5.41) is 6.10. The summed E-state index contributed by atoms with van der Waals surface area (Å²) in [6, 6.07) is 7.71. The number of likely N-dealkylation sites (tertiary alicyclic amines) is 1. The van der Waals surface area contributed by atoms with Gasteiger partial charge < -0.3 is 20.4 Å². The number of nitrogens with zero attached hydrogens (tertiary/aromatic N) is 4. The van der Waals surface area contributed by atoms with E-state index in [1.54, 1.807) is 14.1 Å². The van der Waals surface area contributed by atoms with Gasteiger partial charge in [-0.3, -0.25) is 19.5 Å². The molecule has 8 nitrogen and oxygen atoms in total. The van der Waals surface area contributed by atoms with Crippen LogP contribution in [-0.2, 0) is 11.2 Å². The second kappa shape index (κ2) is 11.7. The molecule has 31 heavy (non-hydrogen) atoms. The number of amides is 2. The summed E-state index contributed by atoms with van der Waals surface area (Å²) < 4.78 is 0. The van der Waals surface area contributed by atoms with Gasteiger partial charge in [0.2, 0.25) is 5.91 Å². The van der Waals surface area contributed by atoms with Crippen molar-refractivity contribution in [1.29, 1.82) is 0 Å². The number of carbonyl (C=O) groups excluding carboxylic acids is 2. The highest BCUT2D eigenvalue weighted by atomic mass is 16.2. The van der Waals surface area contributed by atoms with Gasteiger partial charge in [0.25, 0.3) is 5.91 Å². The van der Waals surface area contributed by atoms with Gasteiger partial charge in [0.05, 0.1) is 6.54 Å². The van der Waals surface area contributed by atoms with E-state index in [0.717, 1.165) is 76.6 Å². The van der Waals surface area contributed by atoms with E-state index in [0.29, 0.717) is 12.1 Å². The minimum atomic E-state index is -0.0674. The molecule has 1 aromatic rings. The van der Waals surface area contributed by atoms with Crippen LogP contribution in [0.5, 0.6) is 0 Å². The largest absolute Gasteiger partial charge is 0.356 e. The first-order chi connectivity index (χ1) is 15.1. The maximum absolute atomic E-state index is 12.5. The Hall–Kier alpha value is -2.61. The zero-order valence-corrected chi connectivity index (χ0v) is 18.9. The quantitative estimate of drug-likeness (QED) is 0.517. The molecule has 0 spiro atoms. The maximum atomic E-state index is 12.5. The summed E-state index contributed by atoms with van der Waals surface area (Å²) in [6.07, 6.45) is 4.33. The van der Waals surface area contributed by atoms with E-state index in [-0.39, 0.29) is 11.8 Å². The molecule has 0 unspecified atom stereocenters. The van der Waals surface area contributed by atoms with Crippen molar-refractivity contribution >= 4 is 17.8 Å². The van der Waals surface area contributed by atoms with Gasteiger partial charge in [-0.25, -0.2) is 0 Å². The molecule has 2 N–H and O–H groups in total. The highest BCUT2D eigenvalue weighted by Crippen LogP contribution is 2.10. The molecule has 0 saturated carbocycles. The molecule has 0 bridgehead atoms. The Morgan fingerprint density at radius 3 is 2.42 bits per heavy atom. The van der Waals surface area contributed by atoms with Crippen molar-refractivity contribution in [3.05, 3.63) is 35.4 Å². The van der Waals surface area contributed by atoms with Gasteiger partial charge in [-0.2, -0.15) is 0 Å². The number of carbonyl (C=O) groups is 2. The van der Waals surface area contributed by atoms with E-state index in [2.05, 4.69) is 25.4 Å². The first-order valence-corrected chi connectivity index (χ1v) is 11.4. The van der Waals surface area contributed by atoms with Crippen LogP contribution in [0.1, 0.15) is 35.2 Å². The number of nitrogens with one attached hydrogen (secondary N) is 2. The predicted molar refractivity (Wildman–Crippen MR) is 123 cm³/mol. The van der Waals surface area contributed by atoms with Crippen LogP contribution >= 0.6 is 0 Å². The average molecular weight is 429 g/mol. The van der Waals surface area contributed by atoms with Crippen molar-refractivity contribution in [1.82, 2.24) is 25.3 Å². The number of guanidine groups is 1. The molecule has 2 aliphatic rings. The molecule has 0 aliphatic carbocycles. The predicted octanol–water partition coefficient (Wildman–Crippen LogP) is 0.794. The average Bonchev–Trinajstić information content (AvgIpc) is 2.82. The van der Waals surface area contributed by atoms with Gasteiger partial charge in [-0.1, -0.05) is 12.1 Å². The van der Waals surface area contributed by atoms with Crippen molar-refractivity contribution in [2.75, 3.05) is 66.5 Å². The van der Waals surface area contributed by atoms with E-state index in [1.807, 2.05) is 29.2 Å². The number of piperazine rings is 1. The zero-order chi connectivity index (χ0) is 22.1. The monoisotopic (exact) mass is 428 g/mol. The fourth-order valence-corrected chi connectivity index (χ4v) is 4.22. The third-order valence-electron chi connectivity index (χ3n) is 6.06. The van der Waals surface area contributed by atoms with Gasteiger partial charge in [-0.05, 0) is 43.4 Å². The Morgan fingerprint density at radius 2 is 1.74 bits per heavy atom. The summed E-state index contributed by atoms with van der Waals surface area (Å²) in [5.74, 6) is 1.10. The summed E-state index contributed by atoms with van der Waals surface area (Å²) in [7, 11) is 3.45. The van der Waals surface area contributed by atoms with Crippen LogP contribution in [0, 0.1) is 0 Å². The fourth-order valence-electron chi connectivity index (χ4n) is 4.22. The van der Waals surface area contributed by atoms with E-state index in [1.165, 1.54) is 6.42 Å². The van der Waals surface area contributed by atoms with Gasteiger partial charge in [-0.15, -0.1) is 0 Å². The first kappa shape index (κ1) is 23.1. The molecular weight excluding hydrogens is 392 g/mol. The van der Waals surface area contributed by atoms with Crippen molar-refractivity contribution in [3.63, 3.8) is 0 Å². The standard InChI is InChI=1S/C23H36N6O2/c1-24-22(31)20-8-6-7-19(17-20)9-10-26-23(25-2)29-15-13-27(14-16-29)18-21(30)28-11-4-3-5-12-28/h6-8,17H,3-5,9-16,18H2,1-2H3,(H,24,31)(H,25,26). The molecular formula is C23H36N6O2. The Balaban J connectivity index is 1.41. The number of hydrogen-bond acceptors (Lipinski definition) is 4. The minimum Gasteiger partial charge on any atom is -0.356 e. The number of piperidine rings is 1. The van der Waals surface area contributed by atoms with Crippen LogP contribution in [0.3, 0.4) is 0 Å². The van der Waals surface area contributed by atoms with Crippen LogP contribution < -0.4 is 10.6 Å². The zero-order valence-electron chi connectivity index (χ0n) is 18.9. The highest BCUT2D eigenvalue weighted by molar-refractivity contribution is 5.94. The Morgan fingerprint density at radius 1 is 1.00 bits per heavy atom. The van der Waals surface area contributed by atoms with Gasteiger partial charge in [0.15, 0.2) is 5.96 Å². The van der Waals surface area contributed by atoms with Crippen molar-refractivity contribution in [3.8, 4) is 0 Å². The van der Waals surface area contributed by atoms with Gasteiger partial charge >= 0.3 is 0 Å². The lowest BCUT2D eigenvalue weighted by atomic mass is 10.1. The Labute approximate surface area is 185 Å². The summed E-state index contributed by atoms with van der Waals surface area (Å²) in [4.78, 5) is 35.3. The third kappa shape index (κ3) is 6.69. The lowest BCUT2D eigenvalue weighted by Crippen LogP contribution is -2.54. The van der Waals surface area contributed by atoms with Gasteiger partial charge in [0.1, 0.15) is 0 Å². The summed E-state index contributed by atoms with van der Waals surface area (Å²) in [5.41, 5.74) is 1.80. The van der Waals surface area contributed by atoms with E-state index < -0.39 is 0 Å². The molecule has 0 atom stereocenters. The number of rotatable bonds is 6. The second-order valence-electron chi connectivity index (χ2n) is 8.21. The topological polar surface area (TPSA) is 80.3 Å². The summed E-state index contributed by atoms with van der Waals surface area (Å²) in [6.45, 7) is 6.57. The minimum absolute atomic E-state index is 0.0674. The van der Waals surface area contributed by atoms with Crippen molar-refractivity contribution in [2.24, 2.45) is 4.99 Å². The van der Waals surface area contributed by atoms with Crippen LogP contribution in [0.25, 0.3) is 0 Å². The molecule has 0 radical (unpaired) electrons. The molecule has 2 fully saturated rings. The van der Waals surface area contributed by atoms with E-state index >= 15 is 0 Å². The Kier molecular flexibility index (Phi) is 8.70. The molecule has 3 rings (SSSR count). The molecule has 2 amide bonds. The smallest absolute Gasteiger partial charge is 0.251 e. The van der Waals surface area contributed by atoms with Crippen molar-refractivity contribution < 1.29 is 9.59 Å². The molecule has 8 heteroatoms. The number of benzene rings is 1. The lowest BCUT2D eigenvalue weighted by Gasteiger charge is -2.37. The molecule has 2 heterocycles. The first-order valence-electron chi connectivity index (χ1n) is 11.4. The summed E-state index contributed by atoms with van der Waals surface area (Å²) >= 11 is 0. The molecule has 170 valence electrons. The van der Waals surface area contributed by atoms with Crippen molar-refractivity contribution in [2.45, 2.75) is 25.7 Å². The maximum Gasteiger partial charge on any atom is 0.251 e. The number of aliphatic imine (C=N–C) groups is 1. The second-order valence-corrected chi connectivity index (χ2v) is 8.21. The number of hydrogen-bond donors (Lipinski definition) is 2. The normalized spacial score (nSPS) is 18.1. The van der Waals surface area contributed by atoms with E-state index in [4.69, 9.17) is 0 Å². The fraction of sp³-hybridized carbons (Fsp3) is 0.609. The SMILES string of the molecule is CN=C(NCCc1cccc(C(=O)NC)c1)N1CCN(CC(=O)N2CCCCC2)CC1. The van der Waals surface area contributed by atoms with Gasteiger partial charge in [0, 0.05) is 65.5 Å².